The van der Waals surface area contributed by atoms with Gasteiger partial charge in [0.15, 0.2) is 0 Å². The third-order valence-electron chi connectivity index (χ3n) is 3.39. The van der Waals surface area contributed by atoms with Crippen molar-refractivity contribution in [3.63, 3.8) is 0 Å². The summed E-state index contributed by atoms with van der Waals surface area (Å²) in [6.07, 6.45) is -1.78. The van der Waals surface area contributed by atoms with Gasteiger partial charge >= 0.3 is 0 Å². The summed E-state index contributed by atoms with van der Waals surface area (Å²) in [7, 11) is 0. The Morgan fingerprint density at radius 2 is 1.84 bits per heavy atom. The Morgan fingerprint density at radius 1 is 1.21 bits per heavy atom. The zero-order chi connectivity index (χ0) is 14.0. The molecule has 1 aliphatic heterocycles. The van der Waals surface area contributed by atoms with Gasteiger partial charge < -0.3 is 14.9 Å². The third-order valence-corrected chi connectivity index (χ3v) is 4.49. The van der Waals surface area contributed by atoms with Crippen molar-refractivity contribution in [2.45, 2.75) is 49.4 Å². The smallest absolute Gasteiger partial charge is 0.109 e. The molecule has 0 bridgehead atoms. The van der Waals surface area contributed by atoms with E-state index in [2.05, 4.69) is 45.0 Å². The second-order valence-corrected chi connectivity index (χ2v) is 7.11. The first-order chi connectivity index (χ1) is 8.88. The molecule has 0 aromatic heterocycles. The van der Waals surface area contributed by atoms with Crippen LogP contribution in [0.15, 0.2) is 29.2 Å². The van der Waals surface area contributed by atoms with Crippen LogP contribution in [0.2, 0.25) is 0 Å². The molecule has 0 radical (unpaired) electrons. The molecule has 2 N–H and O–H groups in total. The highest BCUT2D eigenvalue weighted by atomic mass is 32.2. The number of aliphatic hydroxyl groups excluding tert-OH is 2. The summed E-state index contributed by atoms with van der Waals surface area (Å²) in [6, 6.07) is 8.48. The van der Waals surface area contributed by atoms with E-state index in [0.29, 0.717) is 5.75 Å². The molecule has 106 valence electrons. The molecule has 19 heavy (non-hydrogen) atoms. The molecule has 3 unspecified atom stereocenters. The van der Waals surface area contributed by atoms with Crippen molar-refractivity contribution in [1.82, 2.24) is 0 Å². The monoisotopic (exact) mass is 282 g/mol. The minimum atomic E-state index is -0.763. The lowest BCUT2D eigenvalue weighted by molar-refractivity contribution is 0.0337. The van der Waals surface area contributed by atoms with Crippen molar-refractivity contribution in [3.8, 4) is 0 Å². The van der Waals surface area contributed by atoms with Crippen molar-refractivity contribution in [3.05, 3.63) is 29.8 Å². The fourth-order valence-corrected chi connectivity index (χ4v) is 3.02. The van der Waals surface area contributed by atoms with Crippen molar-refractivity contribution < 1.29 is 14.9 Å². The summed E-state index contributed by atoms with van der Waals surface area (Å²) >= 11 is 1.65. The van der Waals surface area contributed by atoms with Crippen LogP contribution in [0.4, 0.5) is 0 Å². The molecule has 1 aliphatic rings. The van der Waals surface area contributed by atoms with Crippen molar-refractivity contribution >= 4 is 11.8 Å². The Labute approximate surface area is 119 Å². The molecule has 1 aromatic carbocycles. The zero-order valence-electron chi connectivity index (χ0n) is 11.7. The molecule has 1 aromatic rings. The minimum absolute atomic E-state index is 0.165. The van der Waals surface area contributed by atoms with Gasteiger partial charge in [-0.1, -0.05) is 32.9 Å². The van der Waals surface area contributed by atoms with Gasteiger partial charge in [0, 0.05) is 10.6 Å². The largest absolute Gasteiger partial charge is 0.388 e. The summed E-state index contributed by atoms with van der Waals surface area (Å²) in [5.41, 5.74) is 1.47. The molecular weight excluding hydrogens is 260 g/mol. The first kappa shape index (κ1) is 14.9. The zero-order valence-corrected chi connectivity index (χ0v) is 12.5. The maximum atomic E-state index is 9.70. The van der Waals surface area contributed by atoms with E-state index in [9.17, 15) is 10.2 Å². The van der Waals surface area contributed by atoms with E-state index >= 15 is 0 Å². The molecule has 1 fully saturated rings. The lowest BCUT2D eigenvalue weighted by Gasteiger charge is -2.19. The second-order valence-electron chi connectivity index (χ2n) is 6.02. The average Bonchev–Trinajstić information content (AvgIpc) is 2.67. The number of benzene rings is 1. The van der Waals surface area contributed by atoms with Crippen LogP contribution in [0.3, 0.4) is 0 Å². The molecule has 0 aliphatic carbocycles. The molecule has 1 saturated heterocycles. The predicted molar refractivity (Wildman–Crippen MR) is 77.6 cm³/mol. The fraction of sp³-hybridized carbons (Fsp3) is 0.600. The maximum absolute atomic E-state index is 9.70. The van der Waals surface area contributed by atoms with E-state index < -0.39 is 12.2 Å². The molecule has 0 amide bonds. The predicted octanol–water partition coefficient (Wildman–Crippen LogP) is 2.20. The third kappa shape index (κ3) is 3.72. The van der Waals surface area contributed by atoms with Crippen LogP contribution in [0.5, 0.6) is 0 Å². The van der Waals surface area contributed by atoms with Crippen LogP contribution in [0, 0.1) is 0 Å². The Bertz CT molecular complexity index is 410. The Balaban J connectivity index is 1.90. The average molecular weight is 282 g/mol. The van der Waals surface area contributed by atoms with Gasteiger partial charge in [0.25, 0.3) is 0 Å². The van der Waals surface area contributed by atoms with Gasteiger partial charge in [0.05, 0.1) is 12.7 Å². The molecule has 0 spiro atoms. The fourth-order valence-electron chi connectivity index (χ4n) is 2.04. The Kier molecular flexibility index (Phi) is 4.56. The standard InChI is InChI=1S/C15H22O3S/c1-15(2,3)10-4-6-11(7-5-10)19-9-13-14(17)12(16)8-18-13/h4-7,12-14,16-17H,8-9H2,1-3H3. The topological polar surface area (TPSA) is 49.7 Å². The molecule has 3 atom stereocenters. The van der Waals surface area contributed by atoms with Crippen molar-refractivity contribution in [2.75, 3.05) is 12.4 Å². The van der Waals surface area contributed by atoms with Crippen LogP contribution in [0.25, 0.3) is 0 Å². The summed E-state index contributed by atoms with van der Waals surface area (Å²) in [5, 5.41) is 19.1. The van der Waals surface area contributed by atoms with E-state index in [1.165, 1.54) is 5.56 Å². The highest BCUT2D eigenvalue weighted by Gasteiger charge is 2.34. The number of ether oxygens (including phenoxy) is 1. The van der Waals surface area contributed by atoms with Gasteiger partial charge in [-0.2, -0.15) is 0 Å². The van der Waals surface area contributed by atoms with Crippen LogP contribution in [-0.4, -0.2) is 40.9 Å². The van der Waals surface area contributed by atoms with E-state index in [1.54, 1.807) is 11.8 Å². The van der Waals surface area contributed by atoms with E-state index in [0.717, 1.165) is 4.90 Å². The van der Waals surface area contributed by atoms with Gasteiger partial charge in [0.2, 0.25) is 0 Å². The Hall–Kier alpha value is -0.550. The van der Waals surface area contributed by atoms with Crippen molar-refractivity contribution in [2.24, 2.45) is 0 Å². The maximum Gasteiger partial charge on any atom is 0.109 e. The highest BCUT2D eigenvalue weighted by Crippen LogP contribution is 2.27. The molecule has 4 heteroatoms. The number of aliphatic hydroxyl groups is 2. The molecule has 0 saturated carbocycles. The highest BCUT2D eigenvalue weighted by molar-refractivity contribution is 7.99. The number of hydrogen-bond donors (Lipinski definition) is 2. The number of hydrogen-bond acceptors (Lipinski definition) is 4. The molecular formula is C15H22O3S. The molecule has 3 nitrogen and oxygen atoms in total. The van der Waals surface area contributed by atoms with Gasteiger partial charge in [-0.15, -0.1) is 11.8 Å². The Morgan fingerprint density at radius 3 is 2.32 bits per heavy atom. The van der Waals surface area contributed by atoms with Gasteiger partial charge in [0.1, 0.15) is 12.2 Å². The first-order valence-electron chi connectivity index (χ1n) is 6.59. The second kappa shape index (κ2) is 5.83. The quantitative estimate of drug-likeness (QED) is 0.835. The van der Waals surface area contributed by atoms with E-state index in [-0.39, 0.29) is 18.1 Å². The van der Waals surface area contributed by atoms with Gasteiger partial charge in [-0.3, -0.25) is 0 Å². The molecule has 1 heterocycles. The SMILES string of the molecule is CC(C)(C)c1ccc(SCC2OCC(O)C2O)cc1. The van der Waals surface area contributed by atoms with Crippen LogP contribution >= 0.6 is 11.8 Å². The summed E-state index contributed by atoms with van der Waals surface area (Å²) in [6.45, 7) is 6.81. The minimum Gasteiger partial charge on any atom is -0.388 e. The van der Waals surface area contributed by atoms with Crippen LogP contribution < -0.4 is 0 Å². The van der Waals surface area contributed by atoms with Gasteiger partial charge in [-0.05, 0) is 23.1 Å². The summed E-state index contributed by atoms with van der Waals surface area (Å²) < 4.78 is 5.36. The normalized spacial score (nSPS) is 27.7. The van der Waals surface area contributed by atoms with Crippen molar-refractivity contribution in [1.29, 1.82) is 0 Å². The van der Waals surface area contributed by atoms with E-state index in [1.807, 2.05) is 0 Å². The first-order valence-corrected chi connectivity index (χ1v) is 7.57. The van der Waals surface area contributed by atoms with Crippen LogP contribution in [0.1, 0.15) is 26.3 Å². The van der Waals surface area contributed by atoms with E-state index in [4.69, 9.17) is 4.74 Å². The van der Waals surface area contributed by atoms with Gasteiger partial charge in [-0.25, -0.2) is 0 Å². The molecule has 2 rings (SSSR count). The lowest BCUT2D eigenvalue weighted by Crippen LogP contribution is -2.31. The lowest BCUT2D eigenvalue weighted by atomic mass is 9.87. The number of thioether (sulfide) groups is 1. The number of rotatable bonds is 3. The van der Waals surface area contributed by atoms with Crippen LogP contribution in [-0.2, 0) is 10.2 Å². The summed E-state index contributed by atoms with van der Waals surface area (Å²) in [4.78, 5) is 1.16. The summed E-state index contributed by atoms with van der Waals surface area (Å²) in [5.74, 6) is 0.660.